The Morgan fingerprint density at radius 3 is 2.13 bits per heavy atom. The molecule has 0 aromatic carbocycles. The van der Waals surface area contributed by atoms with Crippen LogP contribution in [0, 0.1) is 30.3 Å². The molecule has 0 heterocycles. The fraction of sp³-hybridized carbons (Fsp3) is 1.00. The van der Waals surface area contributed by atoms with Crippen LogP contribution in [0.25, 0.3) is 0 Å². The van der Waals surface area contributed by atoms with E-state index in [4.69, 9.17) is 0 Å². The van der Waals surface area contributed by atoms with Crippen LogP contribution in [0.5, 0.6) is 0 Å². The minimum absolute atomic E-state index is 0.595. The molecule has 1 atom stereocenters. The van der Waals surface area contributed by atoms with Crippen LogP contribution in [0.2, 0.25) is 0 Å². The SMILES string of the molecule is O=[N+]([O-])NCC(CO[N+](=O)[O-])O[N+](=O)[O-]. The molecular weight excluding hydrogens is 220 g/mol. The first-order chi connectivity index (χ1) is 6.91. The van der Waals surface area contributed by atoms with Gasteiger partial charge in [-0.05, 0) is 0 Å². The molecule has 86 valence electrons. The zero-order valence-corrected chi connectivity index (χ0v) is 7.10. The van der Waals surface area contributed by atoms with Gasteiger partial charge in [0.25, 0.3) is 10.2 Å². The van der Waals surface area contributed by atoms with E-state index < -0.39 is 34.5 Å². The number of hydrogen-bond acceptors (Lipinski definition) is 8. The van der Waals surface area contributed by atoms with Crippen molar-refractivity contribution in [1.82, 2.24) is 5.43 Å². The first-order valence-corrected chi connectivity index (χ1v) is 3.38. The average molecular weight is 226 g/mol. The van der Waals surface area contributed by atoms with Gasteiger partial charge >= 0.3 is 0 Å². The zero-order chi connectivity index (χ0) is 11.8. The van der Waals surface area contributed by atoms with Crippen LogP contribution in [0.15, 0.2) is 0 Å². The Morgan fingerprint density at radius 2 is 1.73 bits per heavy atom. The van der Waals surface area contributed by atoms with Crippen molar-refractivity contribution < 1.29 is 24.9 Å². The Labute approximate surface area is 81.1 Å². The van der Waals surface area contributed by atoms with Gasteiger partial charge in [-0.15, -0.1) is 25.7 Å². The van der Waals surface area contributed by atoms with E-state index in [0.717, 1.165) is 0 Å². The first-order valence-electron chi connectivity index (χ1n) is 3.38. The van der Waals surface area contributed by atoms with Crippen LogP contribution in [0.1, 0.15) is 0 Å². The van der Waals surface area contributed by atoms with Crippen molar-refractivity contribution in [3.63, 3.8) is 0 Å². The van der Waals surface area contributed by atoms with Crippen LogP contribution < -0.4 is 5.43 Å². The molecule has 0 aliphatic rings. The lowest BCUT2D eigenvalue weighted by Crippen LogP contribution is -2.37. The number of nitrogens with one attached hydrogen (secondary N) is 1. The molecule has 0 rings (SSSR count). The van der Waals surface area contributed by atoms with E-state index in [2.05, 4.69) is 9.68 Å². The maximum absolute atomic E-state index is 9.86. The van der Waals surface area contributed by atoms with Gasteiger partial charge in [-0.2, -0.15) is 0 Å². The Bertz CT molecular complexity index is 236. The quantitative estimate of drug-likeness (QED) is 0.385. The normalized spacial score (nSPS) is 11.2. The van der Waals surface area contributed by atoms with E-state index in [0.29, 0.717) is 0 Å². The molecule has 1 N–H and O–H groups in total. The minimum Gasteiger partial charge on any atom is -0.311 e. The molecule has 0 saturated heterocycles. The second-order valence-corrected chi connectivity index (χ2v) is 2.09. The fourth-order valence-electron chi connectivity index (χ4n) is 0.569. The minimum atomic E-state index is -1.43. The van der Waals surface area contributed by atoms with E-state index in [1.807, 2.05) is 0 Å². The third-order valence-corrected chi connectivity index (χ3v) is 1.05. The van der Waals surface area contributed by atoms with E-state index in [9.17, 15) is 30.3 Å². The summed E-state index contributed by atoms with van der Waals surface area (Å²) < 4.78 is 0. The summed E-state index contributed by atoms with van der Waals surface area (Å²) in [5.74, 6) is 0. The van der Waals surface area contributed by atoms with Crippen molar-refractivity contribution in [3.8, 4) is 0 Å². The van der Waals surface area contributed by atoms with E-state index in [1.165, 1.54) is 0 Å². The van der Waals surface area contributed by atoms with E-state index in [-0.39, 0.29) is 0 Å². The molecule has 12 heteroatoms. The lowest BCUT2D eigenvalue weighted by Gasteiger charge is -2.10. The van der Waals surface area contributed by atoms with Crippen LogP contribution in [0.4, 0.5) is 0 Å². The third-order valence-electron chi connectivity index (χ3n) is 1.05. The van der Waals surface area contributed by atoms with Crippen molar-refractivity contribution in [1.29, 1.82) is 0 Å². The molecule has 0 saturated carbocycles. The second-order valence-electron chi connectivity index (χ2n) is 2.09. The number of rotatable bonds is 8. The van der Waals surface area contributed by atoms with Crippen molar-refractivity contribution in [2.75, 3.05) is 13.2 Å². The molecule has 15 heavy (non-hydrogen) atoms. The Hall–Kier alpha value is -2.40. The van der Waals surface area contributed by atoms with Gasteiger partial charge < -0.3 is 9.68 Å². The van der Waals surface area contributed by atoms with Gasteiger partial charge in [0.15, 0.2) is 11.1 Å². The monoisotopic (exact) mass is 226 g/mol. The number of hydrogen-bond donors (Lipinski definition) is 1. The molecule has 0 aromatic heterocycles. The van der Waals surface area contributed by atoms with E-state index in [1.54, 1.807) is 5.43 Å². The highest BCUT2D eigenvalue weighted by atomic mass is 17.0. The second kappa shape index (κ2) is 6.11. The highest BCUT2D eigenvalue weighted by Crippen LogP contribution is 1.93. The van der Waals surface area contributed by atoms with E-state index >= 15 is 0 Å². The van der Waals surface area contributed by atoms with Gasteiger partial charge in [0.05, 0.1) is 0 Å². The lowest BCUT2D eigenvalue weighted by atomic mass is 10.4. The number of hydrazine groups is 1. The maximum atomic E-state index is 9.86. The van der Waals surface area contributed by atoms with Crippen molar-refractivity contribution >= 4 is 0 Å². The van der Waals surface area contributed by atoms with Gasteiger partial charge in [-0.25, -0.2) is 10.1 Å². The summed E-state index contributed by atoms with van der Waals surface area (Å²) in [6.45, 7) is -1.38. The highest BCUT2D eigenvalue weighted by molar-refractivity contribution is 4.53. The summed E-state index contributed by atoms with van der Waals surface area (Å²) >= 11 is 0. The Morgan fingerprint density at radius 1 is 1.13 bits per heavy atom. The fourth-order valence-corrected chi connectivity index (χ4v) is 0.569. The van der Waals surface area contributed by atoms with Crippen LogP contribution >= 0.6 is 0 Å². The molecule has 0 amide bonds. The van der Waals surface area contributed by atoms with Crippen LogP contribution in [-0.4, -0.2) is 34.5 Å². The molecule has 0 aliphatic heterocycles. The van der Waals surface area contributed by atoms with Gasteiger partial charge in [-0.3, -0.25) is 0 Å². The van der Waals surface area contributed by atoms with Gasteiger partial charge in [-0.1, -0.05) is 0 Å². The smallest absolute Gasteiger partial charge is 0.294 e. The molecule has 0 bridgehead atoms. The summed E-state index contributed by atoms with van der Waals surface area (Å²) in [4.78, 5) is 37.1. The summed E-state index contributed by atoms with van der Waals surface area (Å²) in [5, 5.41) is 26.0. The zero-order valence-electron chi connectivity index (χ0n) is 7.10. The summed E-state index contributed by atoms with van der Waals surface area (Å²) in [6, 6.07) is 0. The highest BCUT2D eigenvalue weighted by Gasteiger charge is 2.17. The molecule has 0 fully saturated rings. The summed E-state index contributed by atoms with van der Waals surface area (Å²) in [5.41, 5.74) is 1.56. The predicted octanol–water partition coefficient (Wildman–Crippen LogP) is -1.45. The van der Waals surface area contributed by atoms with Crippen LogP contribution in [0.3, 0.4) is 0 Å². The first kappa shape index (κ1) is 12.6. The van der Waals surface area contributed by atoms with Gasteiger partial charge in [0.2, 0.25) is 0 Å². The predicted molar refractivity (Wildman–Crippen MR) is 39.8 cm³/mol. The average Bonchev–Trinajstić information content (AvgIpc) is 2.08. The molecule has 1 unspecified atom stereocenters. The molecule has 0 radical (unpaired) electrons. The lowest BCUT2D eigenvalue weighted by molar-refractivity contribution is -0.790. The number of nitrogens with zero attached hydrogens (tertiary/aromatic N) is 3. The summed E-state index contributed by atoms with van der Waals surface area (Å²) in [6.07, 6.45) is -1.43. The molecular formula is C3H6N4O8. The molecule has 0 aromatic rings. The van der Waals surface area contributed by atoms with Crippen molar-refractivity contribution in [2.45, 2.75) is 6.10 Å². The Balaban J connectivity index is 3.99. The summed E-state index contributed by atoms with van der Waals surface area (Å²) in [7, 11) is 0. The van der Waals surface area contributed by atoms with Crippen LogP contribution in [-0.2, 0) is 9.68 Å². The van der Waals surface area contributed by atoms with Gasteiger partial charge in [0, 0.05) is 0 Å². The Kier molecular flexibility index (Phi) is 5.14. The van der Waals surface area contributed by atoms with Crippen molar-refractivity contribution in [2.24, 2.45) is 0 Å². The third kappa shape index (κ3) is 7.94. The van der Waals surface area contributed by atoms with Crippen molar-refractivity contribution in [3.05, 3.63) is 30.3 Å². The molecule has 0 aliphatic carbocycles. The topological polar surface area (TPSA) is 160 Å². The van der Waals surface area contributed by atoms with Gasteiger partial charge in [0.1, 0.15) is 13.2 Å². The standard InChI is InChI=1S/C3H6N4O8/c8-5(9)4-1-3(15-7(12)13)2-14-6(10)11/h3-4H,1-2H2. The largest absolute Gasteiger partial charge is 0.311 e. The molecule has 0 spiro atoms. The molecule has 12 nitrogen and oxygen atoms in total. The number of nitro groups is 1. The maximum Gasteiger partial charge on any atom is 0.294 e.